The molecule has 5 nitrogen and oxygen atoms in total. The molecule has 1 aliphatic heterocycles. The van der Waals surface area contributed by atoms with Gasteiger partial charge in [0.1, 0.15) is 0 Å². The molecule has 0 radical (unpaired) electrons. The van der Waals surface area contributed by atoms with Crippen LogP contribution in [0, 0.1) is 0 Å². The highest BCUT2D eigenvalue weighted by molar-refractivity contribution is 9.11. The van der Waals surface area contributed by atoms with Crippen LogP contribution in [0.15, 0.2) is 35.5 Å². The molecule has 21 heavy (non-hydrogen) atoms. The van der Waals surface area contributed by atoms with E-state index in [1.54, 1.807) is 17.2 Å². The average molecular weight is 369 g/mol. The van der Waals surface area contributed by atoms with E-state index >= 15 is 0 Å². The molecular formula is C14H17BrN4OS. The number of hydrogen-bond donors (Lipinski definition) is 1. The molecule has 2 N–H and O–H groups in total. The monoisotopic (exact) mass is 368 g/mol. The number of piperazine rings is 1. The summed E-state index contributed by atoms with van der Waals surface area (Å²) in [6.07, 6.45) is 7.18. The number of thiazole rings is 1. The molecule has 1 aromatic heterocycles. The molecule has 0 unspecified atom stereocenters. The Hall–Kier alpha value is -1.60. The molecule has 0 spiro atoms. The summed E-state index contributed by atoms with van der Waals surface area (Å²) in [7, 11) is 1.82. The van der Waals surface area contributed by atoms with Crippen molar-refractivity contribution in [1.29, 1.82) is 0 Å². The zero-order valence-electron chi connectivity index (χ0n) is 11.8. The van der Waals surface area contributed by atoms with Crippen LogP contribution < -0.4 is 10.6 Å². The number of anilines is 1. The lowest BCUT2D eigenvalue weighted by molar-refractivity contribution is -0.129. The molecule has 1 saturated heterocycles. The Morgan fingerprint density at radius 2 is 2.33 bits per heavy atom. The van der Waals surface area contributed by atoms with Gasteiger partial charge < -0.3 is 15.5 Å². The molecule has 0 aliphatic carbocycles. The predicted octanol–water partition coefficient (Wildman–Crippen LogP) is 2.19. The van der Waals surface area contributed by atoms with Gasteiger partial charge in [0.05, 0.1) is 17.1 Å². The first-order valence-electron chi connectivity index (χ1n) is 6.40. The summed E-state index contributed by atoms with van der Waals surface area (Å²) in [4.78, 5) is 20.7. The maximum atomic E-state index is 11.7. The van der Waals surface area contributed by atoms with Crippen LogP contribution >= 0.6 is 27.3 Å². The summed E-state index contributed by atoms with van der Waals surface area (Å²) in [5, 5.41) is 0.830. The fourth-order valence-electron chi connectivity index (χ4n) is 1.80. The minimum absolute atomic E-state index is 0.111. The minimum Gasteiger partial charge on any atom is -0.398 e. The van der Waals surface area contributed by atoms with Gasteiger partial charge in [-0.15, -0.1) is 0 Å². The van der Waals surface area contributed by atoms with E-state index in [-0.39, 0.29) is 5.91 Å². The second kappa shape index (κ2) is 6.91. The van der Waals surface area contributed by atoms with Crippen LogP contribution in [0.5, 0.6) is 0 Å². The maximum Gasteiger partial charge on any atom is 0.241 e. The number of carbonyl (C=O) groups is 1. The second-order valence-electron chi connectivity index (χ2n) is 4.67. The summed E-state index contributed by atoms with van der Waals surface area (Å²) in [5.41, 5.74) is 6.66. The zero-order chi connectivity index (χ0) is 15.4. The van der Waals surface area contributed by atoms with E-state index in [9.17, 15) is 4.79 Å². The van der Waals surface area contributed by atoms with Crippen molar-refractivity contribution in [1.82, 2.24) is 9.88 Å². The highest BCUT2D eigenvalue weighted by Gasteiger charge is 2.23. The van der Waals surface area contributed by atoms with Gasteiger partial charge in [0.15, 0.2) is 5.13 Å². The van der Waals surface area contributed by atoms with Gasteiger partial charge in [-0.1, -0.05) is 39.9 Å². The van der Waals surface area contributed by atoms with Gasteiger partial charge in [0.2, 0.25) is 5.91 Å². The summed E-state index contributed by atoms with van der Waals surface area (Å²) < 4.78 is 0.785. The maximum absolute atomic E-state index is 11.7. The quantitative estimate of drug-likeness (QED) is 0.827. The number of nitrogens with zero attached hydrogens (tertiary/aromatic N) is 3. The molecular weight excluding hydrogens is 352 g/mol. The molecule has 7 heteroatoms. The highest BCUT2D eigenvalue weighted by atomic mass is 79.9. The van der Waals surface area contributed by atoms with E-state index in [0.29, 0.717) is 12.2 Å². The molecule has 0 atom stereocenters. The van der Waals surface area contributed by atoms with Crippen molar-refractivity contribution in [3.8, 4) is 0 Å². The Morgan fingerprint density at radius 1 is 1.57 bits per heavy atom. The SMILES string of the molecule is C=C(Br)/C=C\C=C(/N)c1cnc(N2CCN(C)C(=O)C2)s1. The number of amides is 1. The molecule has 1 aliphatic rings. The van der Waals surface area contributed by atoms with Gasteiger partial charge in [-0.25, -0.2) is 4.98 Å². The first kappa shape index (κ1) is 15.8. The van der Waals surface area contributed by atoms with E-state index in [0.717, 1.165) is 27.6 Å². The highest BCUT2D eigenvalue weighted by Crippen LogP contribution is 2.26. The average Bonchev–Trinajstić information content (AvgIpc) is 2.91. The standard InChI is InChI=1S/C14H17BrN4OS/c1-10(15)4-3-5-11(16)12-8-17-14(21-12)19-7-6-18(2)13(20)9-19/h3-5,8H,1,6-7,9,16H2,2H3/b4-3-,11-5-. The van der Waals surface area contributed by atoms with Gasteiger partial charge in [-0.3, -0.25) is 4.79 Å². The molecule has 1 fully saturated rings. The van der Waals surface area contributed by atoms with Crippen molar-refractivity contribution in [3.05, 3.63) is 40.4 Å². The predicted molar refractivity (Wildman–Crippen MR) is 91.3 cm³/mol. The summed E-state index contributed by atoms with van der Waals surface area (Å²) in [6, 6.07) is 0. The number of carbonyl (C=O) groups excluding carboxylic acids is 1. The Morgan fingerprint density at radius 3 is 3.00 bits per heavy atom. The lowest BCUT2D eigenvalue weighted by Gasteiger charge is -2.31. The van der Waals surface area contributed by atoms with Crippen molar-refractivity contribution < 1.29 is 4.79 Å². The smallest absolute Gasteiger partial charge is 0.241 e. The summed E-state index contributed by atoms with van der Waals surface area (Å²) >= 11 is 4.74. The number of rotatable bonds is 4. The first-order chi connectivity index (χ1) is 9.97. The molecule has 2 rings (SSSR count). The van der Waals surface area contributed by atoms with Crippen molar-refractivity contribution in [2.45, 2.75) is 0 Å². The van der Waals surface area contributed by atoms with Crippen LogP contribution in [0.4, 0.5) is 5.13 Å². The summed E-state index contributed by atoms with van der Waals surface area (Å²) in [5.74, 6) is 0.111. The number of likely N-dealkylation sites (N-methyl/N-ethyl adjacent to an activating group) is 1. The van der Waals surface area contributed by atoms with Crippen molar-refractivity contribution in [3.63, 3.8) is 0 Å². The van der Waals surface area contributed by atoms with Crippen LogP contribution in [0.25, 0.3) is 5.70 Å². The Balaban J connectivity index is 2.07. The number of halogens is 1. The Labute approximate surface area is 136 Å². The molecule has 0 saturated carbocycles. The summed E-state index contributed by atoms with van der Waals surface area (Å²) in [6.45, 7) is 5.59. The lowest BCUT2D eigenvalue weighted by Crippen LogP contribution is -2.48. The fraction of sp³-hybridized carbons (Fsp3) is 0.286. The number of hydrogen-bond acceptors (Lipinski definition) is 5. The molecule has 2 heterocycles. The largest absolute Gasteiger partial charge is 0.398 e. The van der Waals surface area contributed by atoms with Gasteiger partial charge in [0.25, 0.3) is 0 Å². The topological polar surface area (TPSA) is 62.5 Å². The molecule has 1 aromatic rings. The van der Waals surface area contributed by atoms with E-state index in [2.05, 4.69) is 27.5 Å². The fourth-order valence-corrected chi connectivity index (χ4v) is 2.84. The third-order valence-electron chi connectivity index (χ3n) is 3.06. The number of aromatic nitrogens is 1. The van der Waals surface area contributed by atoms with E-state index in [1.807, 2.05) is 24.1 Å². The van der Waals surface area contributed by atoms with Crippen LogP contribution in [-0.4, -0.2) is 42.5 Å². The molecule has 1 amide bonds. The zero-order valence-corrected chi connectivity index (χ0v) is 14.2. The number of allylic oxidation sites excluding steroid dienone is 4. The van der Waals surface area contributed by atoms with E-state index < -0.39 is 0 Å². The Bertz CT molecular complexity index is 608. The van der Waals surface area contributed by atoms with Crippen LogP contribution in [0.1, 0.15) is 4.88 Å². The third kappa shape index (κ3) is 4.18. The van der Waals surface area contributed by atoms with E-state index in [4.69, 9.17) is 5.73 Å². The van der Waals surface area contributed by atoms with Gasteiger partial charge in [-0.2, -0.15) is 0 Å². The van der Waals surface area contributed by atoms with Gasteiger partial charge in [0, 0.05) is 30.8 Å². The Kier molecular flexibility index (Phi) is 5.19. The van der Waals surface area contributed by atoms with Crippen LogP contribution in [0.2, 0.25) is 0 Å². The van der Waals surface area contributed by atoms with Gasteiger partial charge in [-0.05, 0) is 12.2 Å². The van der Waals surface area contributed by atoms with Crippen molar-refractivity contribution >= 4 is 44.0 Å². The third-order valence-corrected chi connectivity index (χ3v) is 4.43. The molecule has 0 bridgehead atoms. The second-order valence-corrected chi connectivity index (χ2v) is 6.70. The lowest BCUT2D eigenvalue weighted by atomic mass is 10.3. The minimum atomic E-state index is 0.111. The molecule has 112 valence electrons. The van der Waals surface area contributed by atoms with Crippen molar-refractivity contribution in [2.75, 3.05) is 31.6 Å². The number of nitrogens with two attached hydrogens (primary N) is 1. The molecule has 0 aromatic carbocycles. The first-order valence-corrected chi connectivity index (χ1v) is 8.01. The van der Waals surface area contributed by atoms with Crippen molar-refractivity contribution in [2.24, 2.45) is 5.73 Å². The van der Waals surface area contributed by atoms with Crippen LogP contribution in [0.3, 0.4) is 0 Å². The van der Waals surface area contributed by atoms with Crippen LogP contribution in [-0.2, 0) is 4.79 Å². The normalized spacial score (nSPS) is 16.9. The van der Waals surface area contributed by atoms with E-state index in [1.165, 1.54) is 11.3 Å². The van der Waals surface area contributed by atoms with Gasteiger partial charge >= 0.3 is 0 Å².